The highest BCUT2D eigenvalue weighted by Crippen LogP contribution is 2.38. The monoisotopic (exact) mass is 295 g/mol. The van der Waals surface area contributed by atoms with Gasteiger partial charge in [-0.3, -0.25) is 15.0 Å². The number of nitro groups is 1. The van der Waals surface area contributed by atoms with Crippen molar-refractivity contribution in [1.82, 2.24) is 9.80 Å². The van der Waals surface area contributed by atoms with Gasteiger partial charge < -0.3 is 4.90 Å². The summed E-state index contributed by atoms with van der Waals surface area (Å²) in [6.07, 6.45) is 0. The average Bonchev–Trinajstić information content (AvgIpc) is 2.41. The fraction of sp³-hybridized carbons (Fsp3) is 0.308. The van der Waals surface area contributed by atoms with Crippen molar-refractivity contribution in [3.05, 3.63) is 56.4 Å². The van der Waals surface area contributed by atoms with Crippen molar-refractivity contribution in [3.63, 3.8) is 0 Å². The van der Waals surface area contributed by atoms with Crippen molar-refractivity contribution in [2.75, 3.05) is 14.1 Å². The van der Waals surface area contributed by atoms with E-state index in [2.05, 4.69) is 0 Å². The summed E-state index contributed by atoms with van der Waals surface area (Å²) in [4.78, 5) is 25.7. The van der Waals surface area contributed by atoms with Gasteiger partial charge in [-0.05, 0) is 13.0 Å². The molecule has 2 amide bonds. The van der Waals surface area contributed by atoms with E-state index in [-0.39, 0.29) is 11.7 Å². The zero-order valence-electron chi connectivity index (χ0n) is 11.3. The molecule has 0 saturated carbocycles. The zero-order chi connectivity index (χ0) is 15.0. The van der Waals surface area contributed by atoms with Gasteiger partial charge in [0.15, 0.2) is 6.04 Å². The van der Waals surface area contributed by atoms with Gasteiger partial charge in [0.05, 0.1) is 10.6 Å². The van der Waals surface area contributed by atoms with Crippen LogP contribution < -0.4 is 0 Å². The maximum absolute atomic E-state index is 12.2. The Bertz CT molecular complexity index is 615. The summed E-state index contributed by atoms with van der Waals surface area (Å²) >= 11 is 6.13. The van der Waals surface area contributed by atoms with Crippen molar-refractivity contribution in [3.8, 4) is 0 Å². The van der Waals surface area contributed by atoms with Crippen LogP contribution in [0.15, 0.2) is 35.7 Å². The van der Waals surface area contributed by atoms with Crippen LogP contribution in [0.5, 0.6) is 0 Å². The van der Waals surface area contributed by atoms with Crippen LogP contribution in [0.4, 0.5) is 4.79 Å². The Labute approximate surface area is 121 Å². The Morgan fingerprint density at radius 3 is 2.45 bits per heavy atom. The lowest BCUT2D eigenvalue weighted by atomic mass is 9.99. The number of carbonyl (C=O) groups is 1. The first-order chi connectivity index (χ1) is 9.36. The maximum atomic E-state index is 12.2. The molecule has 0 saturated heterocycles. The second-order valence-corrected chi connectivity index (χ2v) is 5.01. The molecule has 0 unspecified atom stereocenters. The van der Waals surface area contributed by atoms with Crippen LogP contribution >= 0.6 is 11.6 Å². The second kappa shape index (κ2) is 5.13. The summed E-state index contributed by atoms with van der Waals surface area (Å²) in [5.74, 6) is 0. The molecule has 0 aromatic heterocycles. The molecule has 0 spiro atoms. The number of hydrogen-bond acceptors (Lipinski definition) is 3. The lowest BCUT2D eigenvalue weighted by Crippen LogP contribution is -2.47. The molecule has 1 atom stereocenters. The average molecular weight is 296 g/mol. The predicted octanol–water partition coefficient (Wildman–Crippen LogP) is 2.89. The van der Waals surface area contributed by atoms with Crippen molar-refractivity contribution in [1.29, 1.82) is 0 Å². The predicted molar refractivity (Wildman–Crippen MR) is 74.8 cm³/mol. The van der Waals surface area contributed by atoms with Crippen molar-refractivity contribution in [2.24, 2.45) is 0 Å². The van der Waals surface area contributed by atoms with E-state index in [1.807, 2.05) is 0 Å². The molecule has 1 aliphatic rings. The van der Waals surface area contributed by atoms with Gasteiger partial charge in [-0.1, -0.05) is 29.8 Å². The fourth-order valence-corrected chi connectivity index (χ4v) is 2.57. The van der Waals surface area contributed by atoms with Crippen molar-refractivity contribution < 1.29 is 9.72 Å². The van der Waals surface area contributed by atoms with E-state index < -0.39 is 11.0 Å². The number of urea groups is 1. The number of hydrogen-bond donors (Lipinski definition) is 0. The molecular weight excluding hydrogens is 282 g/mol. The minimum Gasteiger partial charge on any atom is -0.310 e. The molecule has 7 heteroatoms. The summed E-state index contributed by atoms with van der Waals surface area (Å²) in [7, 11) is 3.04. The van der Waals surface area contributed by atoms with Crippen LogP contribution in [-0.4, -0.2) is 34.8 Å². The molecule has 0 aliphatic carbocycles. The van der Waals surface area contributed by atoms with Crippen LogP contribution in [0.25, 0.3) is 0 Å². The van der Waals surface area contributed by atoms with Crippen LogP contribution in [0.2, 0.25) is 5.02 Å². The van der Waals surface area contributed by atoms with Gasteiger partial charge in [-0.25, -0.2) is 4.79 Å². The van der Waals surface area contributed by atoms with E-state index in [1.54, 1.807) is 31.2 Å². The molecule has 1 heterocycles. The summed E-state index contributed by atoms with van der Waals surface area (Å²) in [5, 5.41) is 11.8. The van der Waals surface area contributed by atoms with E-state index in [1.165, 1.54) is 23.9 Å². The Morgan fingerprint density at radius 1 is 1.30 bits per heavy atom. The van der Waals surface area contributed by atoms with Gasteiger partial charge in [0, 0.05) is 24.7 Å². The first-order valence-corrected chi connectivity index (χ1v) is 6.34. The Balaban J connectivity index is 2.68. The second-order valence-electron chi connectivity index (χ2n) is 4.60. The van der Waals surface area contributed by atoms with Gasteiger partial charge in [0.25, 0.3) is 5.70 Å². The third-order valence-electron chi connectivity index (χ3n) is 3.51. The highest BCUT2D eigenvalue weighted by atomic mass is 35.5. The molecule has 0 fully saturated rings. The summed E-state index contributed by atoms with van der Waals surface area (Å²) in [6.45, 7) is 1.56. The number of nitrogens with zero attached hydrogens (tertiary/aromatic N) is 3. The Kier molecular flexibility index (Phi) is 3.67. The van der Waals surface area contributed by atoms with Gasteiger partial charge in [-0.2, -0.15) is 0 Å². The highest BCUT2D eigenvalue weighted by molar-refractivity contribution is 6.31. The van der Waals surface area contributed by atoms with E-state index in [9.17, 15) is 14.9 Å². The largest absolute Gasteiger partial charge is 0.324 e. The van der Waals surface area contributed by atoms with Gasteiger partial charge in [0.2, 0.25) is 0 Å². The third-order valence-corrected chi connectivity index (χ3v) is 3.85. The molecule has 0 radical (unpaired) electrons. The Morgan fingerprint density at radius 2 is 1.90 bits per heavy atom. The first-order valence-electron chi connectivity index (χ1n) is 5.96. The van der Waals surface area contributed by atoms with E-state index in [4.69, 9.17) is 11.6 Å². The van der Waals surface area contributed by atoms with Gasteiger partial charge in [0.1, 0.15) is 0 Å². The number of halogens is 1. The summed E-state index contributed by atoms with van der Waals surface area (Å²) in [6, 6.07) is 5.73. The van der Waals surface area contributed by atoms with E-state index >= 15 is 0 Å². The maximum Gasteiger partial charge on any atom is 0.324 e. The van der Waals surface area contributed by atoms with Crippen LogP contribution in [-0.2, 0) is 0 Å². The molecule has 2 rings (SSSR count). The number of rotatable bonds is 2. The molecule has 6 nitrogen and oxygen atoms in total. The van der Waals surface area contributed by atoms with Crippen LogP contribution in [0.1, 0.15) is 18.5 Å². The van der Waals surface area contributed by atoms with Crippen molar-refractivity contribution >= 4 is 17.6 Å². The van der Waals surface area contributed by atoms with Crippen molar-refractivity contribution in [2.45, 2.75) is 13.0 Å². The quantitative estimate of drug-likeness (QED) is 0.622. The summed E-state index contributed by atoms with van der Waals surface area (Å²) < 4.78 is 0. The standard InChI is InChI=1S/C13H14ClN3O3/c1-8-11(17(19)20)12(16(3)13(18)15(8)2)9-6-4-5-7-10(9)14/h4-7,12H,1-3H3/t12-/m1/s1. The molecule has 1 aromatic carbocycles. The number of benzene rings is 1. The number of amides is 2. The minimum atomic E-state index is -0.789. The third kappa shape index (κ3) is 2.12. The lowest BCUT2D eigenvalue weighted by molar-refractivity contribution is -0.436. The molecule has 0 bridgehead atoms. The van der Waals surface area contributed by atoms with E-state index in [0.717, 1.165) is 0 Å². The molecule has 0 N–H and O–H groups in total. The zero-order valence-corrected chi connectivity index (χ0v) is 12.1. The van der Waals surface area contributed by atoms with E-state index in [0.29, 0.717) is 16.3 Å². The molecule has 1 aromatic rings. The fourth-order valence-electron chi connectivity index (χ4n) is 2.33. The Hall–Kier alpha value is -2.08. The van der Waals surface area contributed by atoms with Gasteiger partial charge >= 0.3 is 6.03 Å². The normalized spacial score (nSPS) is 19.6. The number of carbonyl (C=O) groups excluding carboxylic acids is 1. The van der Waals surface area contributed by atoms with Crippen LogP contribution in [0.3, 0.4) is 0 Å². The summed E-state index contributed by atoms with van der Waals surface area (Å²) in [5.41, 5.74) is 0.829. The number of likely N-dealkylation sites (N-methyl/N-ethyl adjacent to an activating group) is 1. The molecule has 20 heavy (non-hydrogen) atoms. The first kappa shape index (κ1) is 14.3. The smallest absolute Gasteiger partial charge is 0.310 e. The topological polar surface area (TPSA) is 66.7 Å². The SMILES string of the molecule is CC1=C([N+](=O)[O-])[C@@H](c2ccccc2Cl)N(C)C(=O)N1C. The van der Waals surface area contributed by atoms with Crippen LogP contribution in [0, 0.1) is 10.1 Å². The molecular formula is C13H14ClN3O3. The minimum absolute atomic E-state index is 0.0392. The number of allylic oxidation sites excluding steroid dienone is 1. The lowest BCUT2D eigenvalue weighted by Gasteiger charge is -2.36. The van der Waals surface area contributed by atoms with Gasteiger partial charge in [-0.15, -0.1) is 0 Å². The molecule has 106 valence electrons. The molecule has 1 aliphatic heterocycles. The highest BCUT2D eigenvalue weighted by Gasteiger charge is 2.42.